The van der Waals surface area contributed by atoms with Crippen molar-refractivity contribution in [1.82, 2.24) is 19.9 Å². The third kappa shape index (κ3) is 3.28. The molecule has 6 heteroatoms. The van der Waals surface area contributed by atoms with Crippen LogP contribution in [0.15, 0.2) is 30.7 Å². The zero-order valence-corrected chi connectivity index (χ0v) is 12.2. The number of hydrogen-bond acceptors (Lipinski definition) is 6. The molecule has 2 aromatic heterocycles. The maximum atomic E-state index is 5.96. The average molecular weight is 284 g/mol. The summed E-state index contributed by atoms with van der Waals surface area (Å²) in [6.45, 7) is 2.15. The van der Waals surface area contributed by atoms with Gasteiger partial charge < -0.3 is 16.0 Å². The van der Waals surface area contributed by atoms with Crippen LogP contribution in [0.5, 0.6) is 0 Å². The molecular weight excluding hydrogens is 264 g/mol. The Morgan fingerprint density at radius 3 is 2.90 bits per heavy atom. The quantitative estimate of drug-likeness (QED) is 0.891. The number of likely N-dealkylation sites (tertiary alicyclic amines) is 1. The summed E-state index contributed by atoms with van der Waals surface area (Å²) in [7, 11) is 2.14. The number of pyridine rings is 1. The molecule has 0 spiro atoms. The lowest BCUT2D eigenvalue weighted by Crippen LogP contribution is -2.40. The van der Waals surface area contributed by atoms with E-state index in [1.54, 1.807) is 18.6 Å². The number of anilines is 2. The lowest BCUT2D eigenvalue weighted by Gasteiger charge is -2.30. The number of piperidine rings is 1. The molecule has 21 heavy (non-hydrogen) atoms. The molecule has 0 bridgehead atoms. The molecule has 0 aliphatic carbocycles. The Morgan fingerprint density at radius 2 is 2.14 bits per heavy atom. The number of rotatable bonds is 3. The van der Waals surface area contributed by atoms with E-state index in [0.29, 0.717) is 17.7 Å². The maximum Gasteiger partial charge on any atom is 0.169 e. The van der Waals surface area contributed by atoms with Crippen LogP contribution in [-0.2, 0) is 0 Å². The number of aromatic nitrogens is 3. The molecule has 1 aliphatic rings. The minimum absolute atomic E-state index is 0.369. The van der Waals surface area contributed by atoms with Crippen LogP contribution in [0.3, 0.4) is 0 Å². The van der Waals surface area contributed by atoms with Crippen LogP contribution in [0.4, 0.5) is 11.6 Å². The van der Waals surface area contributed by atoms with E-state index in [4.69, 9.17) is 5.73 Å². The average Bonchev–Trinajstić information content (AvgIpc) is 2.50. The first kappa shape index (κ1) is 13.8. The predicted octanol–water partition coefficient (Wildman–Crippen LogP) is 1.63. The van der Waals surface area contributed by atoms with E-state index in [-0.39, 0.29) is 0 Å². The third-order valence-corrected chi connectivity index (χ3v) is 3.74. The largest absolute Gasteiger partial charge is 0.381 e. The fourth-order valence-electron chi connectivity index (χ4n) is 2.64. The number of hydrogen-bond donors (Lipinski definition) is 2. The molecular formula is C15H20N6. The molecule has 6 nitrogen and oxygen atoms in total. The molecule has 0 saturated carbocycles. The number of nitrogens with two attached hydrogens (primary N) is 1. The van der Waals surface area contributed by atoms with Crippen LogP contribution in [0.2, 0.25) is 0 Å². The Bertz CT molecular complexity index is 600. The van der Waals surface area contributed by atoms with Gasteiger partial charge in [-0.05, 0) is 38.6 Å². The van der Waals surface area contributed by atoms with Gasteiger partial charge in [-0.15, -0.1) is 0 Å². The summed E-state index contributed by atoms with van der Waals surface area (Å²) in [6, 6.07) is 4.20. The summed E-state index contributed by atoms with van der Waals surface area (Å²) in [5, 5.41) is 3.43. The van der Waals surface area contributed by atoms with Crippen molar-refractivity contribution in [3.63, 3.8) is 0 Å². The van der Waals surface area contributed by atoms with Crippen molar-refractivity contribution >= 4 is 11.6 Å². The van der Waals surface area contributed by atoms with Crippen molar-refractivity contribution in [1.29, 1.82) is 0 Å². The van der Waals surface area contributed by atoms with Gasteiger partial charge in [0.25, 0.3) is 0 Å². The smallest absolute Gasteiger partial charge is 0.169 e. The number of likely N-dealkylation sites (N-methyl/N-ethyl adjacent to an activating group) is 1. The lowest BCUT2D eigenvalue weighted by atomic mass is 10.1. The molecule has 3 heterocycles. The zero-order valence-electron chi connectivity index (χ0n) is 12.2. The first-order valence-electron chi connectivity index (χ1n) is 7.20. The van der Waals surface area contributed by atoms with Crippen LogP contribution in [-0.4, -0.2) is 46.0 Å². The van der Waals surface area contributed by atoms with Gasteiger partial charge in [0.2, 0.25) is 0 Å². The SMILES string of the molecule is CN1CCC[C@H](Nc2nc(-c3ccncc3)cnc2N)C1. The molecule has 1 fully saturated rings. The highest BCUT2D eigenvalue weighted by Gasteiger charge is 2.18. The van der Waals surface area contributed by atoms with Gasteiger partial charge in [0, 0.05) is 30.5 Å². The van der Waals surface area contributed by atoms with Crippen LogP contribution in [0.1, 0.15) is 12.8 Å². The molecule has 0 amide bonds. The minimum Gasteiger partial charge on any atom is -0.381 e. The Hall–Kier alpha value is -2.21. The monoisotopic (exact) mass is 284 g/mol. The fraction of sp³-hybridized carbons (Fsp3) is 0.400. The Labute approximate surface area is 124 Å². The predicted molar refractivity (Wildman–Crippen MR) is 83.8 cm³/mol. The van der Waals surface area contributed by atoms with Gasteiger partial charge in [-0.25, -0.2) is 9.97 Å². The second-order valence-electron chi connectivity index (χ2n) is 5.47. The highest BCUT2D eigenvalue weighted by Crippen LogP contribution is 2.22. The minimum atomic E-state index is 0.369. The van der Waals surface area contributed by atoms with Gasteiger partial charge in [0.1, 0.15) is 0 Å². The van der Waals surface area contributed by atoms with Gasteiger partial charge >= 0.3 is 0 Å². The molecule has 0 radical (unpaired) electrons. The first-order chi connectivity index (χ1) is 10.2. The van der Waals surface area contributed by atoms with E-state index in [0.717, 1.165) is 30.8 Å². The van der Waals surface area contributed by atoms with E-state index in [2.05, 4.69) is 32.2 Å². The van der Waals surface area contributed by atoms with Gasteiger partial charge in [-0.3, -0.25) is 4.98 Å². The highest BCUT2D eigenvalue weighted by atomic mass is 15.2. The van der Waals surface area contributed by atoms with Crippen molar-refractivity contribution in [3.05, 3.63) is 30.7 Å². The summed E-state index contributed by atoms with van der Waals surface area (Å²) in [5.74, 6) is 1.12. The van der Waals surface area contributed by atoms with E-state index in [1.165, 1.54) is 6.42 Å². The molecule has 1 atom stereocenters. The molecule has 0 aromatic carbocycles. The first-order valence-corrected chi connectivity index (χ1v) is 7.20. The van der Waals surface area contributed by atoms with E-state index in [9.17, 15) is 0 Å². The van der Waals surface area contributed by atoms with Crippen molar-refractivity contribution in [2.45, 2.75) is 18.9 Å². The van der Waals surface area contributed by atoms with Crippen LogP contribution >= 0.6 is 0 Å². The molecule has 1 saturated heterocycles. The maximum absolute atomic E-state index is 5.96. The van der Waals surface area contributed by atoms with Gasteiger partial charge in [-0.1, -0.05) is 0 Å². The Kier molecular flexibility index (Phi) is 3.96. The topological polar surface area (TPSA) is 80.0 Å². The third-order valence-electron chi connectivity index (χ3n) is 3.74. The molecule has 110 valence electrons. The lowest BCUT2D eigenvalue weighted by molar-refractivity contribution is 0.261. The Morgan fingerprint density at radius 1 is 1.33 bits per heavy atom. The number of nitrogen functional groups attached to an aromatic ring is 1. The summed E-state index contributed by atoms with van der Waals surface area (Å²) in [4.78, 5) is 15.2. The standard InChI is InChI=1S/C15H20N6/c1-21-8-2-3-12(10-21)19-15-14(16)18-9-13(20-15)11-4-6-17-7-5-11/h4-7,9,12H,2-3,8,10H2,1H3,(H2,16,18)(H,19,20)/t12-/m0/s1. The van der Waals surface area contributed by atoms with E-state index < -0.39 is 0 Å². The van der Waals surface area contributed by atoms with Crippen molar-refractivity contribution in [2.75, 3.05) is 31.2 Å². The highest BCUT2D eigenvalue weighted by molar-refractivity contribution is 5.65. The van der Waals surface area contributed by atoms with Crippen molar-refractivity contribution < 1.29 is 0 Å². The molecule has 3 N–H and O–H groups in total. The van der Waals surface area contributed by atoms with Crippen LogP contribution < -0.4 is 11.1 Å². The summed E-state index contributed by atoms with van der Waals surface area (Å²) in [6.07, 6.45) is 7.51. The number of nitrogens with zero attached hydrogens (tertiary/aromatic N) is 4. The summed E-state index contributed by atoms with van der Waals surface area (Å²) in [5.41, 5.74) is 7.75. The van der Waals surface area contributed by atoms with Gasteiger partial charge in [0.15, 0.2) is 11.6 Å². The molecule has 2 aromatic rings. The zero-order chi connectivity index (χ0) is 14.7. The van der Waals surface area contributed by atoms with Crippen molar-refractivity contribution in [3.8, 4) is 11.3 Å². The fourth-order valence-corrected chi connectivity index (χ4v) is 2.64. The second kappa shape index (κ2) is 6.05. The summed E-state index contributed by atoms with van der Waals surface area (Å²) < 4.78 is 0. The number of nitrogens with one attached hydrogen (secondary N) is 1. The van der Waals surface area contributed by atoms with Gasteiger partial charge in [-0.2, -0.15) is 0 Å². The second-order valence-corrected chi connectivity index (χ2v) is 5.47. The normalized spacial score (nSPS) is 19.4. The van der Waals surface area contributed by atoms with Crippen LogP contribution in [0, 0.1) is 0 Å². The molecule has 0 unspecified atom stereocenters. The van der Waals surface area contributed by atoms with E-state index in [1.807, 2.05) is 12.1 Å². The summed E-state index contributed by atoms with van der Waals surface area (Å²) >= 11 is 0. The molecule has 1 aliphatic heterocycles. The van der Waals surface area contributed by atoms with E-state index >= 15 is 0 Å². The molecule has 3 rings (SSSR count). The Balaban J connectivity index is 1.81. The van der Waals surface area contributed by atoms with Gasteiger partial charge in [0.05, 0.1) is 11.9 Å². The van der Waals surface area contributed by atoms with Crippen LogP contribution in [0.25, 0.3) is 11.3 Å². The van der Waals surface area contributed by atoms with Crippen molar-refractivity contribution in [2.24, 2.45) is 0 Å².